The van der Waals surface area contributed by atoms with E-state index in [0.29, 0.717) is 0 Å². The zero-order valence-corrected chi connectivity index (χ0v) is 17.0. The van der Waals surface area contributed by atoms with E-state index in [4.69, 9.17) is 5.11 Å². The molecule has 0 fully saturated rings. The molecular formula is C18H46N2O3. The van der Waals surface area contributed by atoms with Crippen LogP contribution in [0.15, 0.2) is 0 Å². The van der Waals surface area contributed by atoms with Gasteiger partial charge in [-0.3, -0.25) is 0 Å². The Hall–Kier alpha value is -0.200. The number of quaternary nitrogens is 2. The van der Waals surface area contributed by atoms with Crippen molar-refractivity contribution in [1.82, 2.24) is 0 Å². The van der Waals surface area contributed by atoms with Crippen molar-refractivity contribution in [1.29, 1.82) is 0 Å². The fourth-order valence-electron chi connectivity index (χ4n) is 2.25. The molecule has 0 aromatic heterocycles. The van der Waals surface area contributed by atoms with E-state index >= 15 is 0 Å². The number of hydrogen-bond donors (Lipinski definition) is 1. The molecule has 0 unspecified atom stereocenters. The standard InChI is InChI=1S/C13H30N.C5H14NO.2H2O/c1-5-8-11-14(4,12-9-6-2)13-10-7-3;1-6(2,3)4-5-7;;/h5-13H2,1-4H3;7H,4-5H2,1-3H3;2*1H2/q2*+1;;/p-2. The molecule has 5 heteroatoms. The minimum Gasteiger partial charge on any atom is -0.870 e. The molecule has 0 heterocycles. The highest BCUT2D eigenvalue weighted by molar-refractivity contribution is 4.43. The molecule has 0 aromatic rings. The SMILES string of the molecule is CCCC[N+](C)(CCCC)CCCC.C[N+](C)(C)CCO.[OH-].[OH-]. The zero-order valence-electron chi connectivity index (χ0n) is 17.0. The van der Waals surface area contributed by atoms with E-state index in [1.807, 2.05) is 0 Å². The van der Waals surface area contributed by atoms with Crippen molar-refractivity contribution in [3.05, 3.63) is 0 Å². The van der Waals surface area contributed by atoms with Crippen molar-refractivity contribution in [2.75, 3.05) is 61.0 Å². The molecule has 0 rings (SSSR count). The first-order valence-electron chi connectivity index (χ1n) is 8.99. The summed E-state index contributed by atoms with van der Waals surface area (Å²) in [5, 5.41) is 8.39. The van der Waals surface area contributed by atoms with Crippen LogP contribution in [0.3, 0.4) is 0 Å². The van der Waals surface area contributed by atoms with Crippen molar-refractivity contribution >= 4 is 0 Å². The summed E-state index contributed by atoms with van der Waals surface area (Å²) in [4.78, 5) is 0. The minimum absolute atomic E-state index is 0. The molecule has 0 aliphatic carbocycles. The first kappa shape index (κ1) is 30.7. The number of likely N-dealkylation sites (N-methyl/N-ethyl adjacent to an activating group) is 1. The lowest BCUT2D eigenvalue weighted by Gasteiger charge is -2.34. The van der Waals surface area contributed by atoms with Crippen molar-refractivity contribution < 1.29 is 25.0 Å². The first-order chi connectivity index (χ1) is 9.74. The third-order valence-electron chi connectivity index (χ3n) is 3.93. The number of aliphatic hydroxyl groups excluding tert-OH is 1. The summed E-state index contributed by atoms with van der Waals surface area (Å²) in [6.07, 6.45) is 8.20. The molecule has 0 aliphatic heterocycles. The van der Waals surface area contributed by atoms with Crippen LogP contribution in [-0.2, 0) is 0 Å². The minimum atomic E-state index is 0. The maximum Gasteiger partial charge on any atom is 0.101 e. The van der Waals surface area contributed by atoms with E-state index in [2.05, 4.69) is 49.0 Å². The quantitative estimate of drug-likeness (QED) is 0.588. The summed E-state index contributed by atoms with van der Waals surface area (Å²) in [7, 11) is 8.60. The summed E-state index contributed by atoms with van der Waals surface area (Å²) < 4.78 is 2.16. The molecule has 0 atom stereocenters. The topological polar surface area (TPSA) is 80.2 Å². The molecule has 0 saturated carbocycles. The van der Waals surface area contributed by atoms with Gasteiger partial charge in [-0.15, -0.1) is 0 Å². The van der Waals surface area contributed by atoms with Crippen LogP contribution in [0, 0.1) is 0 Å². The van der Waals surface area contributed by atoms with Gasteiger partial charge in [-0.25, -0.2) is 0 Å². The smallest absolute Gasteiger partial charge is 0.101 e. The second-order valence-electron chi connectivity index (χ2n) is 7.59. The fourth-order valence-corrected chi connectivity index (χ4v) is 2.25. The van der Waals surface area contributed by atoms with Crippen molar-refractivity contribution in [3.63, 3.8) is 0 Å². The highest BCUT2D eigenvalue weighted by Gasteiger charge is 2.18. The second-order valence-corrected chi connectivity index (χ2v) is 7.59. The van der Waals surface area contributed by atoms with Crippen LogP contribution in [0.2, 0.25) is 0 Å². The summed E-state index contributed by atoms with van der Waals surface area (Å²) in [5.41, 5.74) is 0. The predicted molar refractivity (Wildman–Crippen MR) is 99.4 cm³/mol. The monoisotopic (exact) mass is 338 g/mol. The number of unbranched alkanes of at least 4 members (excludes halogenated alkanes) is 3. The molecule has 0 saturated heterocycles. The molecule has 0 spiro atoms. The summed E-state index contributed by atoms with van der Waals surface area (Å²) in [6, 6.07) is 0. The van der Waals surface area contributed by atoms with Crippen LogP contribution in [0.4, 0.5) is 0 Å². The first-order valence-corrected chi connectivity index (χ1v) is 8.99. The van der Waals surface area contributed by atoms with Crippen LogP contribution in [0.1, 0.15) is 59.3 Å². The second kappa shape index (κ2) is 18.1. The van der Waals surface area contributed by atoms with Crippen LogP contribution in [0.5, 0.6) is 0 Å². The highest BCUT2D eigenvalue weighted by atomic mass is 16.3. The molecule has 0 aliphatic rings. The van der Waals surface area contributed by atoms with Gasteiger partial charge in [0.2, 0.25) is 0 Å². The molecule has 0 aromatic carbocycles. The molecule has 23 heavy (non-hydrogen) atoms. The molecule has 0 amide bonds. The Morgan fingerprint density at radius 3 is 1.04 bits per heavy atom. The molecule has 0 radical (unpaired) electrons. The lowest BCUT2D eigenvalue weighted by molar-refractivity contribution is -0.910. The molecular weight excluding hydrogens is 292 g/mol. The van der Waals surface area contributed by atoms with Gasteiger partial charge in [0.1, 0.15) is 6.54 Å². The number of hydrogen-bond acceptors (Lipinski definition) is 3. The normalized spacial score (nSPS) is 11.0. The Kier molecular flexibility index (Phi) is 24.2. The van der Waals surface area contributed by atoms with Crippen molar-refractivity contribution in [3.8, 4) is 0 Å². The molecule has 146 valence electrons. The van der Waals surface area contributed by atoms with E-state index in [1.165, 1.54) is 62.6 Å². The Labute approximate surface area is 146 Å². The predicted octanol–water partition coefficient (Wildman–Crippen LogP) is 3.16. The molecule has 5 nitrogen and oxygen atoms in total. The molecule has 3 N–H and O–H groups in total. The highest BCUT2D eigenvalue weighted by Crippen LogP contribution is 2.10. The third kappa shape index (κ3) is 24.2. The summed E-state index contributed by atoms with van der Waals surface area (Å²) in [6.45, 7) is 12.2. The van der Waals surface area contributed by atoms with E-state index < -0.39 is 0 Å². The maximum absolute atomic E-state index is 8.39. The average Bonchev–Trinajstić information content (AvgIpc) is 2.40. The lowest BCUT2D eigenvalue weighted by atomic mass is 10.2. The van der Waals surface area contributed by atoms with Crippen molar-refractivity contribution in [2.45, 2.75) is 59.3 Å². The van der Waals surface area contributed by atoms with E-state index in [9.17, 15) is 0 Å². The lowest BCUT2D eigenvalue weighted by Crippen LogP contribution is -2.46. The Bertz CT molecular complexity index is 197. The Balaban J connectivity index is -0.000000173. The fraction of sp³-hybridized carbons (Fsp3) is 1.00. The van der Waals surface area contributed by atoms with Gasteiger partial charge in [-0.2, -0.15) is 0 Å². The maximum atomic E-state index is 8.39. The molecule has 0 bridgehead atoms. The van der Waals surface area contributed by atoms with Crippen LogP contribution in [0.25, 0.3) is 0 Å². The van der Waals surface area contributed by atoms with E-state index in [0.717, 1.165) is 11.0 Å². The van der Waals surface area contributed by atoms with Gasteiger partial charge in [0.05, 0.1) is 54.4 Å². The third-order valence-corrected chi connectivity index (χ3v) is 3.93. The van der Waals surface area contributed by atoms with Gasteiger partial charge < -0.3 is 25.0 Å². The number of rotatable bonds is 11. The van der Waals surface area contributed by atoms with Crippen LogP contribution in [-0.4, -0.2) is 86.0 Å². The van der Waals surface area contributed by atoms with Crippen LogP contribution >= 0.6 is 0 Å². The Morgan fingerprint density at radius 1 is 0.609 bits per heavy atom. The zero-order chi connectivity index (χ0) is 16.8. The van der Waals surface area contributed by atoms with E-state index in [-0.39, 0.29) is 17.6 Å². The summed E-state index contributed by atoms with van der Waals surface area (Å²) in [5.74, 6) is 0. The van der Waals surface area contributed by atoms with Gasteiger partial charge in [0.25, 0.3) is 0 Å². The van der Waals surface area contributed by atoms with Gasteiger partial charge in [-0.05, 0) is 19.3 Å². The van der Waals surface area contributed by atoms with E-state index in [1.54, 1.807) is 0 Å². The largest absolute Gasteiger partial charge is 0.870 e. The Morgan fingerprint density at radius 2 is 0.913 bits per heavy atom. The van der Waals surface area contributed by atoms with Crippen LogP contribution < -0.4 is 0 Å². The number of aliphatic hydroxyl groups is 1. The average molecular weight is 339 g/mol. The van der Waals surface area contributed by atoms with Gasteiger partial charge in [0, 0.05) is 0 Å². The summed E-state index contributed by atoms with van der Waals surface area (Å²) >= 11 is 0. The van der Waals surface area contributed by atoms with Gasteiger partial charge >= 0.3 is 0 Å². The van der Waals surface area contributed by atoms with Gasteiger partial charge in [0.15, 0.2) is 0 Å². The van der Waals surface area contributed by atoms with Crippen molar-refractivity contribution in [2.24, 2.45) is 0 Å². The number of nitrogens with zero attached hydrogens (tertiary/aromatic N) is 2. The van der Waals surface area contributed by atoms with Gasteiger partial charge in [-0.1, -0.05) is 40.0 Å².